The van der Waals surface area contributed by atoms with Gasteiger partial charge in [-0.1, -0.05) is 6.92 Å². The number of aromatic nitrogens is 2. The number of anilines is 1. The molecule has 1 saturated carbocycles. The number of hydrogen-bond acceptors (Lipinski definition) is 4. The van der Waals surface area contributed by atoms with Crippen molar-refractivity contribution in [2.45, 2.75) is 57.5 Å². The highest BCUT2D eigenvalue weighted by atomic mass is 16.1. The third-order valence-corrected chi connectivity index (χ3v) is 4.50. The molecule has 1 saturated heterocycles. The second-order valence-corrected chi connectivity index (χ2v) is 6.24. The number of nitrogens with one attached hydrogen (secondary N) is 1. The van der Waals surface area contributed by atoms with Crippen LogP contribution in [0, 0.1) is 0 Å². The minimum Gasteiger partial charge on any atom is -0.348 e. The minimum absolute atomic E-state index is 0.0994. The van der Waals surface area contributed by atoms with Crippen LogP contribution in [-0.2, 0) is 0 Å². The third-order valence-electron chi connectivity index (χ3n) is 4.50. The van der Waals surface area contributed by atoms with Gasteiger partial charge in [-0.2, -0.15) is 0 Å². The molecular weight excluding hydrogens is 264 g/mol. The van der Waals surface area contributed by atoms with Gasteiger partial charge >= 0.3 is 0 Å². The quantitative estimate of drug-likeness (QED) is 0.814. The molecule has 1 N–H and O–H groups in total. The van der Waals surface area contributed by atoms with E-state index >= 15 is 0 Å². The SMILES string of the molecule is CCCNCC1CCCCN1c1nccn(C2CC2)c1=O. The van der Waals surface area contributed by atoms with E-state index in [-0.39, 0.29) is 5.56 Å². The van der Waals surface area contributed by atoms with Crippen LogP contribution in [-0.4, -0.2) is 35.2 Å². The molecule has 3 rings (SSSR count). The van der Waals surface area contributed by atoms with E-state index in [2.05, 4.69) is 22.1 Å². The van der Waals surface area contributed by atoms with Crippen molar-refractivity contribution < 1.29 is 0 Å². The summed E-state index contributed by atoms with van der Waals surface area (Å²) in [5.74, 6) is 0.660. The summed E-state index contributed by atoms with van der Waals surface area (Å²) in [6.45, 7) is 5.13. The smallest absolute Gasteiger partial charge is 0.293 e. The first-order valence-electron chi connectivity index (χ1n) is 8.35. The maximum atomic E-state index is 12.7. The molecule has 1 unspecified atom stereocenters. The Kier molecular flexibility index (Phi) is 4.58. The molecule has 1 aromatic rings. The number of piperidine rings is 1. The summed E-state index contributed by atoms with van der Waals surface area (Å²) in [5.41, 5.74) is 0.0994. The van der Waals surface area contributed by atoms with Crippen LogP contribution in [0.5, 0.6) is 0 Å². The molecular formula is C16H26N4O. The van der Waals surface area contributed by atoms with Crippen molar-refractivity contribution in [3.63, 3.8) is 0 Å². The molecule has 2 heterocycles. The highest BCUT2D eigenvalue weighted by Gasteiger charge is 2.29. The van der Waals surface area contributed by atoms with Crippen LogP contribution in [0.3, 0.4) is 0 Å². The van der Waals surface area contributed by atoms with Crippen LogP contribution in [0.1, 0.15) is 51.5 Å². The molecule has 116 valence electrons. The van der Waals surface area contributed by atoms with Crippen molar-refractivity contribution >= 4 is 5.82 Å². The average molecular weight is 290 g/mol. The monoisotopic (exact) mass is 290 g/mol. The minimum atomic E-state index is 0.0994. The van der Waals surface area contributed by atoms with E-state index in [1.807, 2.05) is 10.8 Å². The maximum Gasteiger partial charge on any atom is 0.293 e. The lowest BCUT2D eigenvalue weighted by atomic mass is 10.0. The summed E-state index contributed by atoms with van der Waals surface area (Å²) in [7, 11) is 0. The van der Waals surface area contributed by atoms with Gasteiger partial charge in [0.25, 0.3) is 5.56 Å². The first-order chi connectivity index (χ1) is 10.3. The Labute approximate surface area is 126 Å². The van der Waals surface area contributed by atoms with E-state index in [4.69, 9.17) is 0 Å². The largest absolute Gasteiger partial charge is 0.348 e. The molecule has 2 fully saturated rings. The van der Waals surface area contributed by atoms with E-state index in [1.165, 1.54) is 6.42 Å². The molecule has 0 bridgehead atoms. The summed E-state index contributed by atoms with van der Waals surface area (Å²) in [6, 6.07) is 0.821. The van der Waals surface area contributed by atoms with E-state index in [0.717, 1.165) is 51.7 Å². The summed E-state index contributed by atoms with van der Waals surface area (Å²) < 4.78 is 1.88. The highest BCUT2D eigenvalue weighted by molar-refractivity contribution is 5.38. The van der Waals surface area contributed by atoms with Gasteiger partial charge in [-0.25, -0.2) is 4.98 Å². The Hall–Kier alpha value is -1.36. The van der Waals surface area contributed by atoms with E-state index in [9.17, 15) is 4.79 Å². The molecule has 1 aliphatic carbocycles. The van der Waals surface area contributed by atoms with Crippen molar-refractivity contribution in [1.29, 1.82) is 0 Å². The van der Waals surface area contributed by atoms with Gasteiger partial charge in [0.05, 0.1) is 0 Å². The lowest BCUT2D eigenvalue weighted by molar-refractivity contribution is 0.430. The van der Waals surface area contributed by atoms with Crippen LogP contribution in [0.2, 0.25) is 0 Å². The Bertz CT molecular complexity index is 523. The molecule has 5 heteroatoms. The summed E-state index contributed by atoms with van der Waals surface area (Å²) in [4.78, 5) is 19.3. The number of rotatable bonds is 6. The molecule has 1 aliphatic heterocycles. The fourth-order valence-electron chi connectivity index (χ4n) is 3.19. The van der Waals surface area contributed by atoms with Gasteiger partial charge < -0.3 is 14.8 Å². The molecule has 0 amide bonds. The van der Waals surface area contributed by atoms with Gasteiger partial charge in [0, 0.05) is 37.6 Å². The van der Waals surface area contributed by atoms with Crippen molar-refractivity contribution in [3.8, 4) is 0 Å². The lowest BCUT2D eigenvalue weighted by Gasteiger charge is -2.36. The van der Waals surface area contributed by atoms with Gasteiger partial charge in [0.1, 0.15) is 0 Å². The van der Waals surface area contributed by atoms with Crippen LogP contribution in [0.25, 0.3) is 0 Å². The van der Waals surface area contributed by atoms with Crippen molar-refractivity contribution in [2.75, 3.05) is 24.5 Å². The zero-order valence-corrected chi connectivity index (χ0v) is 12.9. The number of nitrogens with zero attached hydrogens (tertiary/aromatic N) is 3. The summed E-state index contributed by atoms with van der Waals surface area (Å²) >= 11 is 0. The predicted octanol–water partition coefficient (Wildman–Crippen LogP) is 1.94. The van der Waals surface area contributed by atoms with Gasteiger partial charge in [-0.05, 0) is 45.1 Å². The van der Waals surface area contributed by atoms with Gasteiger partial charge in [-0.15, -0.1) is 0 Å². The maximum absolute atomic E-state index is 12.7. The Balaban J connectivity index is 1.79. The van der Waals surface area contributed by atoms with Crippen LogP contribution in [0.4, 0.5) is 5.82 Å². The lowest BCUT2D eigenvalue weighted by Crippen LogP contribution is -2.48. The molecule has 1 aromatic heterocycles. The fourth-order valence-corrected chi connectivity index (χ4v) is 3.19. The molecule has 21 heavy (non-hydrogen) atoms. The molecule has 2 aliphatic rings. The Morgan fingerprint density at radius 3 is 2.95 bits per heavy atom. The third kappa shape index (κ3) is 3.28. The van der Waals surface area contributed by atoms with Crippen molar-refractivity contribution in [2.24, 2.45) is 0 Å². The average Bonchev–Trinajstić information content (AvgIpc) is 3.33. The zero-order chi connectivity index (χ0) is 14.7. The normalized spacial score (nSPS) is 22.5. The molecule has 1 atom stereocenters. The second kappa shape index (κ2) is 6.60. The van der Waals surface area contributed by atoms with Crippen molar-refractivity contribution in [1.82, 2.24) is 14.9 Å². The first-order valence-corrected chi connectivity index (χ1v) is 8.35. The van der Waals surface area contributed by atoms with Crippen molar-refractivity contribution in [3.05, 3.63) is 22.7 Å². The fraction of sp³-hybridized carbons (Fsp3) is 0.750. The van der Waals surface area contributed by atoms with Crippen LogP contribution in [0.15, 0.2) is 17.2 Å². The van der Waals surface area contributed by atoms with E-state index in [1.54, 1.807) is 6.20 Å². The van der Waals surface area contributed by atoms with E-state index in [0.29, 0.717) is 17.9 Å². The Morgan fingerprint density at radius 1 is 1.33 bits per heavy atom. The topological polar surface area (TPSA) is 50.2 Å². The van der Waals surface area contributed by atoms with Gasteiger partial charge in [-0.3, -0.25) is 4.79 Å². The standard InChI is InChI=1S/C16H26N4O/c1-2-8-17-12-14-5-3-4-10-19(14)15-16(21)20(11-9-18-15)13-6-7-13/h9,11,13-14,17H,2-8,10,12H2,1H3. The molecule has 0 aromatic carbocycles. The number of hydrogen-bond donors (Lipinski definition) is 1. The zero-order valence-electron chi connectivity index (χ0n) is 12.9. The molecule has 5 nitrogen and oxygen atoms in total. The highest BCUT2D eigenvalue weighted by Crippen LogP contribution is 2.33. The van der Waals surface area contributed by atoms with Gasteiger partial charge in [0.15, 0.2) is 5.82 Å². The molecule has 0 spiro atoms. The predicted molar refractivity (Wildman–Crippen MR) is 84.9 cm³/mol. The molecule has 0 radical (unpaired) electrons. The van der Waals surface area contributed by atoms with Gasteiger partial charge in [0.2, 0.25) is 0 Å². The van der Waals surface area contributed by atoms with Crippen LogP contribution < -0.4 is 15.8 Å². The Morgan fingerprint density at radius 2 is 2.19 bits per heavy atom. The summed E-state index contributed by atoms with van der Waals surface area (Å²) in [5, 5.41) is 3.50. The van der Waals surface area contributed by atoms with E-state index < -0.39 is 0 Å². The summed E-state index contributed by atoms with van der Waals surface area (Å²) in [6.07, 6.45) is 10.6. The van der Waals surface area contributed by atoms with Crippen LogP contribution >= 0.6 is 0 Å². The second-order valence-electron chi connectivity index (χ2n) is 6.24. The first kappa shape index (κ1) is 14.6.